The third kappa shape index (κ3) is 2.12. The number of nitrogens with one attached hydrogen (secondary N) is 1. The van der Waals surface area contributed by atoms with Crippen molar-refractivity contribution >= 4 is 34.8 Å². The lowest BCUT2D eigenvalue weighted by Gasteiger charge is -2.00. The summed E-state index contributed by atoms with van der Waals surface area (Å²) in [7, 11) is 1.83. The molecule has 5 heteroatoms. The van der Waals surface area contributed by atoms with E-state index in [4.69, 9.17) is 16.9 Å². The van der Waals surface area contributed by atoms with Crippen LogP contribution < -0.4 is 5.32 Å². The molecule has 0 fully saturated rings. The van der Waals surface area contributed by atoms with Crippen molar-refractivity contribution in [3.63, 3.8) is 0 Å². The number of carbonyl (C=O) groups is 1. The van der Waals surface area contributed by atoms with Gasteiger partial charge in [-0.25, -0.2) is 0 Å². The number of amides is 1. The summed E-state index contributed by atoms with van der Waals surface area (Å²) in [6.45, 7) is 1.92. The highest BCUT2D eigenvalue weighted by molar-refractivity contribution is 6.36. The predicted molar refractivity (Wildman–Crippen MR) is 82.8 cm³/mol. The number of hydrogen-bond donors (Lipinski definition) is 1. The van der Waals surface area contributed by atoms with Gasteiger partial charge in [-0.1, -0.05) is 11.6 Å². The lowest BCUT2D eigenvalue weighted by atomic mass is 10.0. The zero-order chi connectivity index (χ0) is 15.1. The average Bonchev–Trinajstić information content (AvgIpc) is 2.91. The monoisotopic (exact) mass is 297 g/mol. The molecule has 1 aliphatic rings. The third-order valence-corrected chi connectivity index (χ3v) is 3.99. The van der Waals surface area contributed by atoms with Crippen LogP contribution in [0.3, 0.4) is 0 Å². The van der Waals surface area contributed by atoms with Crippen molar-refractivity contribution in [2.24, 2.45) is 7.05 Å². The van der Waals surface area contributed by atoms with Crippen molar-refractivity contribution in [1.29, 1.82) is 5.26 Å². The third-order valence-electron chi connectivity index (χ3n) is 3.75. The highest BCUT2D eigenvalue weighted by atomic mass is 35.5. The number of carbonyl (C=O) groups excluding carboxylic acids is 1. The SMILES string of the molecule is Cc1c(/C=C2/C(=O)Nc3ccc(Cl)cc32)cc(C#N)n1C. The van der Waals surface area contributed by atoms with Crippen LogP contribution in [0.4, 0.5) is 5.69 Å². The minimum absolute atomic E-state index is 0.158. The first-order valence-electron chi connectivity index (χ1n) is 6.40. The number of nitrogens with zero attached hydrogens (tertiary/aromatic N) is 2. The minimum Gasteiger partial charge on any atom is -0.339 e. The molecule has 1 aromatic carbocycles. The van der Waals surface area contributed by atoms with Gasteiger partial charge in [-0.15, -0.1) is 0 Å². The number of nitriles is 1. The Morgan fingerprint density at radius 3 is 2.81 bits per heavy atom. The van der Waals surface area contributed by atoms with Crippen LogP contribution >= 0.6 is 11.6 Å². The normalized spacial score (nSPS) is 15.0. The highest BCUT2D eigenvalue weighted by Gasteiger charge is 2.24. The molecule has 0 spiro atoms. The van der Waals surface area contributed by atoms with E-state index in [1.54, 1.807) is 34.9 Å². The van der Waals surface area contributed by atoms with Crippen LogP contribution in [0.5, 0.6) is 0 Å². The Morgan fingerprint density at radius 1 is 1.38 bits per heavy atom. The number of benzene rings is 1. The average molecular weight is 298 g/mol. The molecule has 1 amide bonds. The van der Waals surface area contributed by atoms with Crippen molar-refractivity contribution in [1.82, 2.24) is 4.57 Å². The summed E-state index contributed by atoms with van der Waals surface area (Å²) in [4.78, 5) is 12.1. The topological polar surface area (TPSA) is 57.8 Å². The summed E-state index contributed by atoms with van der Waals surface area (Å²) in [5.41, 5.74) is 4.45. The molecule has 1 aliphatic heterocycles. The second-order valence-electron chi connectivity index (χ2n) is 4.94. The molecule has 2 aromatic rings. The Labute approximate surface area is 127 Å². The summed E-state index contributed by atoms with van der Waals surface area (Å²) in [6.07, 6.45) is 1.80. The van der Waals surface area contributed by atoms with Gasteiger partial charge < -0.3 is 9.88 Å². The number of fused-ring (bicyclic) bond motifs is 1. The van der Waals surface area contributed by atoms with Gasteiger partial charge in [-0.2, -0.15) is 5.26 Å². The van der Waals surface area contributed by atoms with Crippen LogP contribution in [0.25, 0.3) is 11.6 Å². The largest absolute Gasteiger partial charge is 0.339 e. The molecule has 3 rings (SSSR count). The molecule has 0 saturated carbocycles. The second kappa shape index (κ2) is 4.80. The molecular weight excluding hydrogens is 286 g/mol. The quantitative estimate of drug-likeness (QED) is 0.821. The number of anilines is 1. The molecule has 1 N–H and O–H groups in total. The molecular formula is C16H12ClN3O. The first-order valence-corrected chi connectivity index (χ1v) is 6.78. The van der Waals surface area contributed by atoms with E-state index in [1.807, 2.05) is 14.0 Å². The molecule has 0 saturated heterocycles. The molecule has 4 nitrogen and oxygen atoms in total. The summed E-state index contributed by atoms with van der Waals surface area (Å²) in [5, 5.41) is 12.5. The maximum absolute atomic E-state index is 12.1. The Hall–Kier alpha value is -2.51. The Balaban J connectivity index is 2.16. The molecule has 0 atom stereocenters. The molecule has 2 heterocycles. The van der Waals surface area contributed by atoms with Crippen LogP contribution in [0.1, 0.15) is 22.5 Å². The van der Waals surface area contributed by atoms with E-state index in [2.05, 4.69) is 11.4 Å². The number of rotatable bonds is 1. The van der Waals surface area contributed by atoms with Gasteiger partial charge in [0.1, 0.15) is 11.8 Å². The van der Waals surface area contributed by atoms with E-state index in [0.717, 1.165) is 22.5 Å². The van der Waals surface area contributed by atoms with E-state index in [-0.39, 0.29) is 5.91 Å². The highest BCUT2D eigenvalue weighted by Crippen LogP contribution is 2.35. The molecule has 21 heavy (non-hydrogen) atoms. The molecule has 104 valence electrons. The summed E-state index contributed by atoms with van der Waals surface area (Å²) >= 11 is 6.01. The molecule has 1 aromatic heterocycles. The van der Waals surface area contributed by atoms with Crippen LogP contribution in [0.2, 0.25) is 5.02 Å². The standard InChI is InChI=1S/C16H12ClN3O/c1-9-10(5-12(8-18)20(9)2)6-14-13-7-11(17)3-4-15(13)19-16(14)21/h3-7H,1-2H3,(H,19,21)/b14-6+. The zero-order valence-corrected chi connectivity index (χ0v) is 12.3. The van der Waals surface area contributed by atoms with Gasteiger partial charge in [0.15, 0.2) is 0 Å². The van der Waals surface area contributed by atoms with Crippen LogP contribution in [0.15, 0.2) is 24.3 Å². The van der Waals surface area contributed by atoms with Crippen molar-refractivity contribution in [3.8, 4) is 6.07 Å². The van der Waals surface area contributed by atoms with E-state index in [0.29, 0.717) is 16.3 Å². The molecule has 0 radical (unpaired) electrons. The van der Waals surface area contributed by atoms with Gasteiger partial charge in [0.2, 0.25) is 0 Å². The first kappa shape index (κ1) is 13.5. The van der Waals surface area contributed by atoms with Gasteiger partial charge in [0.05, 0.1) is 0 Å². The number of aromatic nitrogens is 1. The molecule has 0 aliphatic carbocycles. The zero-order valence-electron chi connectivity index (χ0n) is 11.6. The van der Waals surface area contributed by atoms with Crippen molar-refractivity contribution in [3.05, 3.63) is 51.8 Å². The van der Waals surface area contributed by atoms with Crippen LogP contribution in [0, 0.1) is 18.3 Å². The lowest BCUT2D eigenvalue weighted by molar-refractivity contribution is -0.110. The summed E-state index contributed by atoms with van der Waals surface area (Å²) in [5.74, 6) is -0.158. The Bertz CT molecular complexity index is 840. The van der Waals surface area contributed by atoms with Gasteiger partial charge in [-0.3, -0.25) is 4.79 Å². The maximum Gasteiger partial charge on any atom is 0.256 e. The van der Waals surface area contributed by atoms with Crippen LogP contribution in [-0.4, -0.2) is 10.5 Å². The first-order chi connectivity index (χ1) is 10.0. The van der Waals surface area contributed by atoms with Crippen molar-refractivity contribution < 1.29 is 4.79 Å². The van der Waals surface area contributed by atoms with Gasteiger partial charge in [-0.05, 0) is 42.8 Å². The fourth-order valence-electron chi connectivity index (χ4n) is 2.44. The van der Waals surface area contributed by atoms with Crippen LogP contribution in [-0.2, 0) is 11.8 Å². The van der Waals surface area contributed by atoms with E-state index in [9.17, 15) is 4.79 Å². The fraction of sp³-hybridized carbons (Fsp3) is 0.125. The van der Waals surface area contributed by atoms with E-state index in [1.165, 1.54) is 0 Å². The summed E-state index contributed by atoms with van der Waals surface area (Å²) < 4.78 is 1.80. The van der Waals surface area contributed by atoms with Gasteiger partial charge >= 0.3 is 0 Å². The summed E-state index contributed by atoms with van der Waals surface area (Å²) in [6, 6.07) is 9.20. The van der Waals surface area contributed by atoms with Crippen molar-refractivity contribution in [2.45, 2.75) is 6.92 Å². The van der Waals surface area contributed by atoms with E-state index < -0.39 is 0 Å². The molecule has 0 unspecified atom stereocenters. The predicted octanol–water partition coefficient (Wildman–Crippen LogP) is 3.35. The number of halogens is 1. The number of hydrogen-bond acceptors (Lipinski definition) is 2. The second-order valence-corrected chi connectivity index (χ2v) is 5.38. The maximum atomic E-state index is 12.1. The van der Waals surface area contributed by atoms with Gasteiger partial charge in [0.25, 0.3) is 5.91 Å². The lowest BCUT2D eigenvalue weighted by Crippen LogP contribution is -2.03. The smallest absolute Gasteiger partial charge is 0.256 e. The Kier molecular flexibility index (Phi) is 3.08. The Morgan fingerprint density at radius 2 is 2.14 bits per heavy atom. The van der Waals surface area contributed by atoms with Crippen molar-refractivity contribution in [2.75, 3.05) is 5.32 Å². The van der Waals surface area contributed by atoms with Gasteiger partial charge in [0, 0.05) is 34.6 Å². The van der Waals surface area contributed by atoms with E-state index >= 15 is 0 Å². The fourth-order valence-corrected chi connectivity index (χ4v) is 2.61. The molecule has 0 bridgehead atoms. The minimum atomic E-state index is -0.158.